The summed E-state index contributed by atoms with van der Waals surface area (Å²) < 4.78 is 29.9. The predicted molar refractivity (Wildman–Crippen MR) is 53.5 cm³/mol. The van der Waals surface area contributed by atoms with E-state index in [1.165, 1.54) is 13.2 Å². The Balaban J connectivity index is 3.22. The van der Waals surface area contributed by atoms with Gasteiger partial charge in [0, 0.05) is 0 Å². The molecule has 0 saturated carbocycles. The minimum atomic E-state index is -2.63. The van der Waals surface area contributed by atoms with Crippen LogP contribution in [0.3, 0.4) is 0 Å². The fourth-order valence-corrected chi connectivity index (χ4v) is 1.74. The summed E-state index contributed by atoms with van der Waals surface area (Å²) in [7, 11) is 1.39. The summed E-state index contributed by atoms with van der Waals surface area (Å²) in [5.41, 5.74) is -0.307. The van der Waals surface area contributed by atoms with Crippen LogP contribution in [0.1, 0.15) is 12.0 Å². The third-order valence-electron chi connectivity index (χ3n) is 1.38. The molecule has 0 aliphatic rings. The molecule has 72 valence electrons. The van der Waals surface area contributed by atoms with Gasteiger partial charge in [-0.1, -0.05) is 11.6 Å². The number of hydrogen-bond donors (Lipinski definition) is 0. The Morgan fingerprint density at radius 2 is 2.23 bits per heavy atom. The van der Waals surface area contributed by atoms with Gasteiger partial charge in [-0.25, -0.2) is 13.8 Å². The second-order valence-corrected chi connectivity index (χ2v) is 3.54. The van der Waals surface area contributed by atoms with Crippen molar-refractivity contribution in [1.82, 2.24) is 4.98 Å². The first-order valence-corrected chi connectivity index (χ1v) is 4.70. The molecular weight excluding hydrogens is 314 g/mol. The molecule has 1 aromatic rings. The molecule has 0 saturated heterocycles. The van der Waals surface area contributed by atoms with E-state index in [1.807, 2.05) is 22.6 Å². The van der Waals surface area contributed by atoms with Crippen LogP contribution in [0.5, 0.6) is 5.75 Å². The molecule has 13 heavy (non-hydrogen) atoms. The Morgan fingerprint density at radius 1 is 1.62 bits per heavy atom. The van der Waals surface area contributed by atoms with Crippen LogP contribution in [-0.4, -0.2) is 12.1 Å². The van der Waals surface area contributed by atoms with Crippen LogP contribution in [0, 0.1) is 3.70 Å². The molecule has 0 bridgehead atoms. The van der Waals surface area contributed by atoms with Crippen LogP contribution >= 0.6 is 34.2 Å². The third kappa shape index (κ3) is 2.40. The minimum Gasteiger partial charge on any atom is -0.494 e. The molecule has 0 amide bonds. The molecule has 2 nitrogen and oxygen atoms in total. The lowest BCUT2D eigenvalue weighted by molar-refractivity contribution is 0.150. The number of rotatable bonds is 2. The van der Waals surface area contributed by atoms with Crippen molar-refractivity contribution in [2.75, 3.05) is 7.11 Å². The van der Waals surface area contributed by atoms with Gasteiger partial charge in [0.25, 0.3) is 6.43 Å². The topological polar surface area (TPSA) is 22.1 Å². The summed E-state index contributed by atoms with van der Waals surface area (Å²) >= 11 is 7.36. The third-order valence-corrected chi connectivity index (χ3v) is 2.46. The van der Waals surface area contributed by atoms with Gasteiger partial charge in [0.15, 0.2) is 5.75 Å². The molecular formula is C7H5ClF2INO. The number of halogens is 4. The molecule has 0 unspecified atom stereocenters. The fraction of sp³-hybridized carbons (Fsp3) is 0.286. The van der Waals surface area contributed by atoms with Crippen LogP contribution in [0.15, 0.2) is 6.07 Å². The van der Waals surface area contributed by atoms with Crippen molar-refractivity contribution in [1.29, 1.82) is 0 Å². The number of alkyl halides is 2. The molecule has 0 aromatic carbocycles. The largest absolute Gasteiger partial charge is 0.494 e. The van der Waals surface area contributed by atoms with E-state index < -0.39 is 6.43 Å². The molecule has 1 heterocycles. The zero-order valence-corrected chi connectivity index (χ0v) is 9.44. The van der Waals surface area contributed by atoms with Gasteiger partial charge in [-0.3, -0.25) is 0 Å². The molecule has 0 aliphatic carbocycles. The van der Waals surface area contributed by atoms with E-state index in [2.05, 4.69) is 4.98 Å². The Kier molecular flexibility index (Phi) is 3.66. The van der Waals surface area contributed by atoms with E-state index >= 15 is 0 Å². The number of pyridine rings is 1. The van der Waals surface area contributed by atoms with Crippen molar-refractivity contribution >= 4 is 34.2 Å². The van der Waals surface area contributed by atoms with Crippen LogP contribution < -0.4 is 4.74 Å². The second-order valence-electron chi connectivity index (χ2n) is 2.16. The van der Waals surface area contributed by atoms with Crippen molar-refractivity contribution in [3.05, 3.63) is 20.5 Å². The normalized spacial score (nSPS) is 10.6. The highest BCUT2D eigenvalue weighted by atomic mass is 127. The van der Waals surface area contributed by atoms with E-state index in [-0.39, 0.29) is 10.7 Å². The van der Waals surface area contributed by atoms with E-state index in [1.54, 1.807) is 0 Å². The van der Waals surface area contributed by atoms with Crippen molar-refractivity contribution in [2.24, 2.45) is 0 Å². The summed E-state index contributed by atoms with van der Waals surface area (Å²) in [6, 6.07) is 1.20. The molecule has 0 aliphatic heterocycles. The summed E-state index contributed by atoms with van der Waals surface area (Å²) in [5.74, 6) is 0.306. The maximum Gasteiger partial charge on any atom is 0.266 e. The first-order valence-electron chi connectivity index (χ1n) is 3.24. The van der Waals surface area contributed by atoms with E-state index in [4.69, 9.17) is 16.3 Å². The summed E-state index contributed by atoms with van der Waals surface area (Å²) in [6.45, 7) is 0. The van der Waals surface area contributed by atoms with Crippen LogP contribution in [0.2, 0.25) is 5.15 Å². The first kappa shape index (κ1) is 10.9. The number of methoxy groups -OCH3 is 1. The van der Waals surface area contributed by atoms with Gasteiger partial charge in [0.1, 0.15) is 8.85 Å². The molecule has 0 spiro atoms. The molecule has 6 heteroatoms. The lowest BCUT2D eigenvalue weighted by Gasteiger charge is -2.06. The average Bonchev–Trinajstić information content (AvgIpc) is 2.03. The van der Waals surface area contributed by atoms with Crippen molar-refractivity contribution < 1.29 is 13.5 Å². The smallest absolute Gasteiger partial charge is 0.266 e. The SMILES string of the molecule is COc1cc(C(F)F)c(Cl)nc1I. The molecule has 0 atom stereocenters. The monoisotopic (exact) mass is 319 g/mol. The summed E-state index contributed by atoms with van der Waals surface area (Å²) in [6.07, 6.45) is -2.63. The van der Waals surface area contributed by atoms with Gasteiger partial charge in [0.05, 0.1) is 12.7 Å². The Bertz CT molecular complexity index is 322. The zero-order chi connectivity index (χ0) is 10.0. The van der Waals surface area contributed by atoms with Gasteiger partial charge >= 0.3 is 0 Å². The Hall–Kier alpha value is -0.170. The Labute approximate surface area is 92.4 Å². The van der Waals surface area contributed by atoms with Gasteiger partial charge in [-0.05, 0) is 28.7 Å². The summed E-state index contributed by atoms with van der Waals surface area (Å²) in [4.78, 5) is 3.71. The van der Waals surface area contributed by atoms with Gasteiger partial charge < -0.3 is 4.74 Å². The molecule has 0 N–H and O–H groups in total. The van der Waals surface area contributed by atoms with E-state index in [0.29, 0.717) is 9.45 Å². The lowest BCUT2D eigenvalue weighted by atomic mass is 10.3. The van der Waals surface area contributed by atoms with Crippen LogP contribution in [0.25, 0.3) is 0 Å². The molecule has 1 aromatic heterocycles. The first-order chi connectivity index (χ1) is 6.06. The molecule has 0 fully saturated rings. The lowest BCUT2D eigenvalue weighted by Crippen LogP contribution is -1.96. The number of aromatic nitrogens is 1. The standard InChI is InChI=1S/C7H5ClF2INO/c1-13-4-2-3(6(9)10)5(8)12-7(4)11/h2,6H,1H3. The number of nitrogens with zero attached hydrogens (tertiary/aromatic N) is 1. The maximum atomic E-state index is 12.3. The average molecular weight is 319 g/mol. The van der Waals surface area contributed by atoms with Crippen molar-refractivity contribution in [3.8, 4) is 5.75 Å². The van der Waals surface area contributed by atoms with Crippen molar-refractivity contribution in [2.45, 2.75) is 6.43 Å². The van der Waals surface area contributed by atoms with Crippen LogP contribution in [0.4, 0.5) is 8.78 Å². The number of ether oxygens (including phenoxy) is 1. The zero-order valence-electron chi connectivity index (χ0n) is 6.52. The Morgan fingerprint density at radius 3 is 2.69 bits per heavy atom. The highest BCUT2D eigenvalue weighted by Gasteiger charge is 2.16. The minimum absolute atomic E-state index is 0.180. The van der Waals surface area contributed by atoms with Crippen molar-refractivity contribution in [3.63, 3.8) is 0 Å². The van der Waals surface area contributed by atoms with Crippen LogP contribution in [-0.2, 0) is 0 Å². The predicted octanol–water partition coefficient (Wildman–Crippen LogP) is 3.29. The highest BCUT2D eigenvalue weighted by molar-refractivity contribution is 14.1. The second kappa shape index (κ2) is 4.36. The van der Waals surface area contributed by atoms with Gasteiger partial charge in [0.2, 0.25) is 0 Å². The number of hydrogen-bond acceptors (Lipinski definition) is 2. The quantitative estimate of drug-likeness (QED) is 0.616. The maximum absolute atomic E-state index is 12.3. The highest BCUT2D eigenvalue weighted by Crippen LogP contribution is 2.31. The van der Waals surface area contributed by atoms with Gasteiger partial charge in [-0.15, -0.1) is 0 Å². The van der Waals surface area contributed by atoms with E-state index in [9.17, 15) is 8.78 Å². The fourth-order valence-electron chi connectivity index (χ4n) is 0.762. The van der Waals surface area contributed by atoms with Gasteiger partial charge in [-0.2, -0.15) is 0 Å². The molecule has 0 radical (unpaired) electrons. The molecule has 1 rings (SSSR count). The summed E-state index contributed by atoms with van der Waals surface area (Å²) in [5, 5.41) is -0.180. The van der Waals surface area contributed by atoms with E-state index in [0.717, 1.165) is 0 Å².